The minimum absolute atomic E-state index is 0.676. The molecule has 1 heterocycles. The Morgan fingerprint density at radius 1 is 1.27 bits per heavy atom. The van der Waals surface area contributed by atoms with E-state index in [2.05, 4.69) is 22.2 Å². The highest BCUT2D eigenvalue weighted by atomic mass is 32.1. The van der Waals surface area contributed by atoms with Crippen molar-refractivity contribution in [3.05, 3.63) is 17.2 Å². The summed E-state index contributed by atoms with van der Waals surface area (Å²) in [6, 6.07) is 0. The van der Waals surface area contributed by atoms with E-state index < -0.39 is 7.82 Å². The summed E-state index contributed by atoms with van der Waals surface area (Å²) >= 11 is 4.63. The summed E-state index contributed by atoms with van der Waals surface area (Å²) in [7, 11) is -4.64. The molecule has 0 aliphatic rings. The van der Waals surface area contributed by atoms with E-state index in [1.165, 1.54) is 0 Å². The second-order valence-electron chi connectivity index (χ2n) is 1.46. The number of aromatic nitrogens is 2. The molecule has 1 rings (SSSR count). The summed E-state index contributed by atoms with van der Waals surface area (Å²) in [6.07, 6.45) is 3.50. The maximum atomic E-state index is 8.88. The third-order valence-electron chi connectivity index (χ3n) is 0.512. The molecule has 0 fully saturated rings. The average molecular weight is 198 g/mol. The highest BCUT2D eigenvalue weighted by Crippen LogP contribution is 2.25. The fraction of sp³-hybridized carbons (Fsp3) is 0. The monoisotopic (exact) mass is 198 g/mol. The summed E-state index contributed by atoms with van der Waals surface area (Å²) in [5, 5.41) is 0. The Hall–Kier alpha value is -0.460. The summed E-state index contributed by atoms with van der Waals surface area (Å²) in [5.74, 6) is 0. The maximum absolute atomic E-state index is 8.88. The van der Waals surface area contributed by atoms with Gasteiger partial charge in [-0.2, -0.15) is 0 Å². The van der Waals surface area contributed by atoms with Gasteiger partial charge in [-0.3, -0.25) is 0 Å². The van der Waals surface area contributed by atoms with E-state index in [0.29, 0.717) is 4.77 Å². The number of aromatic amines is 2. The van der Waals surface area contributed by atoms with E-state index in [0.717, 1.165) is 0 Å². The van der Waals surface area contributed by atoms with Crippen LogP contribution in [0.2, 0.25) is 0 Å². The van der Waals surface area contributed by atoms with Crippen molar-refractivity contribution >= 4 is 20.0 Å². The van der Waals surface area contributed by atoms with E-state index >= 15 is 0 Å². The van der Waals surface area contributed by atoms with Crippen LogP contribution < -0.4 is 0 Å². The Labute approximate surface area is 67.2 Å². The second-order valence-corrected chi connectivity index (χ2v) is 2.90. The topological polar surface area (TPSA) is 109 Å². The van der Waals surface area contributed by atoms with Crippen LogP contribution in [0.25, 0.3) is 0 Å². The zero-order valence-electron chi connectivity index (χ0n) is 5.26. The van der Waals surface area contributed by atoms with Crippen molar-refractivity contribution in [2.75, 3.05) is 0 Å². The quantitative estimate of drug-likeness (QED) is 0.301. The number of imidazole rings is 1. The number of nitrogens with one attached hydrogen (secondary N) is 2. The molecule has 0 unspecified atom stereocenters. The lowest BCUT2D eigenvalue weighted by molar-refractivity contribution is 0.275. The van der Waals surface area contributed by atoms with Crippen molar-refractivity contribution in [2.24, 2.45) is 0 Å². The fourth-order valence-electron chi connectivity index (χ4n) is 0.276. The molecule has 6 nitrogen and oxygen atoms in total. The first-order valence-corrected chi connectivity index (χ1v) is 4.37. The summed E-state index contributed by atoms with van der Waals surface area (Å²) < 4.78 is 9.56. The first-order valence-electron chi connectivity index (χ1n) is 2.40. The van der Waals surface area contributed by atoms with Gasteiger partial charge in [0, 0.05) is 12.4 Å². The number of rotatable bonds is 0. The van der Waals surface area contributed by atoms with Gasteiger partial charge in [0.2, 0.25) is 0 Å². The van der Waals surface area contributed by atoms with Crippen LogP contribution in [0, 0.1) is 4.77 Å². The average Bonchev–Trinajstić information content (AvgIpc) is 2.12. The standard InChI is InChI=1S/C3H4N2S.H3O4P/c6-3-4-1-2-5-3;1-5(2,3)4/h1-2H,(H2,4,5,6);(H3,1,2,3,4). The lowest BCUT2D eigenvalue weighted by Gasteiger charge is -1.82. The largest absolute Gasteiger partial charge is 0.466 e. The number of H-pyrrole nitrogens is 2. The van der Waals surface area contributed by atoms with Crippen molar-refractivity contribution in [3.8, 4) is 0 Å². The van der Waals surface area contributed by atoms with Crippen molar-refractivity contribution < 1.29 is 19.2 Å². The van der Waals surface area contributed by atoms with Crippen molar-refractivity contribution in [1.82, 2.24) is 9.97 Å². The SMILES string of the molecule is O=P(O)(O)O.S=c1[nH]cc[nH]1. The van der Waals surface area contributed by atoms with Crippen molar-refractivity contribution in [3.63, 3.8) is 0 Å². The zero-order chi connectivity index (χ0) is 8.91. The molecule has 0 radical (unpaired) electrons. The van der Waals surface area contributed by atoms with Gasteiger partial charge < -0.3 is 24.6 Å². The lowest BCUT2D eigenvalue weighted by Crippen LogP contribution is -1.66. The van der Waals surface area contributed by atoms with Crippen LogP contribution in [-0.4, -0.2) is 24.6 Å². The van der Waals surface area contributed by atoms with Gasteiger partial charge in [-0.25, -0.2) is 4.57 Å². The Morgan fingerprint density at radius 3 is 1.64 bits per heavy atom. The minimum atomic E-state index is -4.64. The van der Waals surface area contributed by atoms with Gasteiger partial charge in [-0.05, 0) is 12.2 Å². The van der Waals surface area contributed by atoms with E-state index in [1.807, 2.05) is 0 Å². The molecule has 0 spiro atoms. The molecule has 8 heteroatoms. The van der Waals surface area contributed by atoms with Crippen LogP contribution in [0.4, 0.5) is 0 Å². The van der Waals surface area contributed by atoms with Crippen LogP contribution >= 0.6 is 20.0 Å². The van der Waals surface area contributed by atoms with Gasteiger partial charge in [0.05, 0.1) is 0 Å². The molecule has 11 heavy (non-hydrogen) atoms. The van der Waals surface area contributed by atoms with Crippen molar-refractivity contribution in [2.45, 2.75) is 0 Å². The minimum Gasteiger partial charge on any atom is -0.338 e. The third-order valence-corrected chi connectivity index (χ3v) is 0.748. The molecule has 5 N–H and O–H groups in total. The highest BCUT2D eigenvalue weighted by Gasteiger charge is 2.00. The molecule has 0 amide bonds. The van der Waals surface area contributed by atoms with E-state index in [1.54, 1.807) is 12.4 Å². The maximum Gasteiger partial charge on any atom is 0.466 e. The van der Waals surface area contributed by atoms with Crippen LogP contribution in [0.15, 0.2) is 12.4 Å². The van der Waals surface area contributed by atoms with Gasteiger partial charge in [-0.1, -0.05) is 0 Å². The summed E-state index contributed by atoms with van der Waals surface area (Å²) in [4.78, 5) is 27.1. The van der Waals surface area contributed by atoms with Gasteiger partial charge >= 0.3 is 7.82 Å². The Balaban J connectivity index is 0.000000187. The predicted octanol–water partition coefficient (Wildman–Crippen LogP) is 0.144. The number of hydrogen-bond donors (Lipinski definition) is 5. The molecule has 1 aromatic heterocycles. The first-order chi connectivity index (χ1) is 4.89. The first kappa shape index (κ1) is 10.5. The number of hydrogen-bond acceptors (Lipinski definition) is 2. The van der Waals surface area contributed by atoms with Gasteiger partial charge in [-0.15, -0.1) is 0 Å². The molecule has 0 saturated carbocycles. The molecule has 1 aromatic rings. The Bertz CT molecular complexity index is 263. The van der Waals surface area contributed by atoms with Crippen LogP contribution in [-0.2, 0) is 4.57 Å². The van der Waals surface area contributed by atoms with E-state index in [9.17, 15) is 0 Å². The van der Waals surface area contributed by atoms with Gasteiger partial charge in [0.15, 0.2) is 4.77 Å². The molecule has 64 valence electrons. The van der Waals surface area contributed by atoms with Crippen molar-refractivity contribution in [1.29, 1.82) is 0 Å². The molecule has 0 aromatic carbocycles. The molecular formula is C3H7N2O4PS. The molecule has 0 aliphatic heterocycles. The van der Waals surface area contributed by atoms with Crippen LogP contribution in [0.5, 0.6) is 0 Å². The van der Waals surface area contributed by atoms with E-state index in [4.69, 9.17) is 19.2 Å². The predicted molar refractivity (Wildman–Crippen MR) is 40.2 cm³/mol. The van der Waals surface area contributed by atoms with Gasteiger partial charge in [0.1, 0.15) is 0 Å². The Morgan fingerprint density at radius 2 is 1.55 bits per heavy atom. The smallest absolute Gasteiger partial charge is 0.338 e. The molecule has 0 aliphatic carbocycles. The fourth-order valence-corrected chi connectivity index (χ4v) is 0.412. The van der Waals surface area contributed by atoms with Crippen LogP contribution in [0.1, 0.15) is 0 Å². The lowest BCUT2D eigenvalue weighted by atomic mass is 11.0. The van der Waals surface area contributed by atoms with Gasteiger partial charge in [0.25, 0.3) is 0 Å². The normalized spacial score (nSPS) is 10.1. The molecule has 0 bridgehead atoms. The summed E-state index contributed by atoms with van der Waals surface area (Å²) in [5.41, 5.74) is 0. The third kappa shape index (κ3) is 12.7. The van der Waals surface area contributed by atoms with E-state index in [-0.39, 0.29) is 0 Å². The van der Waals surface area contributed by atoms with Crippen LogP contribution in [0.3, 0.4) is 0 Å². The molecule has 0 saturated heterocycles. The molecule has 0 atom stereocenters. The highest BCUT2D eigenvalue weighted by molar-refractivity contribution is 7.71. The zero-order valence-corrected chi connectivity index (χ0v) is 6.97. The molecular weight excluding hydrogens is 191 g/mol. The Kier molecular flexibility index (Phi) is 4.24. The summed E-state index contributed by atoms with van der Waals surface area (Å²) in [6.45, 7) is 0. The second kappa shape index (κ2) is 4.42. The number of phosphoric acid groups is 1.